The maximum Gasteiger partial charge on any atom is 0.426 e. The summed E-state index contributed by atoms with van der Waals surface area (Å²) in [6, 6.07) is 9.10. The summed E-state index contributed by atoms with van der Waals surface area (Å²) in [7, 11) is 0. The normalized spacial score (nSPS) is 11.8. The molecule has 27 heavy (non-hydrogen) atoms. The number of amides is 1. The van der Waals surface area contributed by atoms with E-state index in [4.69, 9.17) is 4.74 Å². The Hall–Kier alpha value is -2.77. The summed E-state index contributed by atoms with van der Waals surface area (Å²) in [4.78, 5) is 11.6. The summed E-state index contributed by atoms with van der Waals surface area (Å²) in [5, 5.41) is 0. The van der Waals surface area contributed by atoms with Crippen LogP contribution < -0.4 is 10.9 Å². The highest BCUT2D eigenvalue weighted by atomic mass is 19.4. The molecule has 0 saturated carbocycles. The molecular formula is C19H20F4N2O2. The second kappa shape index (κ2) is 7.85. The van der Waals surface area contributed by atoms with Crippen LogP contribution in [0.3, 0.4) is 0 Å². The third-order valence-electron chi connectivity index (χ3n) is 3.33. The lowest BCUT2D eigenvalue weighted by Crippen LogP contribution is -2.35. The second-order valence-electron chi connectivity index (χ2n) is 6.97. The van der Waals surface area contributed by atoms with Crippen molar-refractivity contribution >= 4 is 11.8 Å². The average Bonchev–Trinajstić information content (AvgIpc) is 2.50. The van der Waals surface area contributed by atoms with Crippen LogP contribution in [0.5, 0.6) is 0 Å². The van der Waals surface area contributed by atoms with E-state index in [9.17, 15) is 22.4 Å². The standard InChI is InChI=1S/C19H20F4N2O2/c1-18(2,3)27-17(26)25-24-16-6-4-5-12(10-16)7-13-8-14(19(21,22)23)11-15(20)9-13/h4-6,8-11,24H,7H2,1-3H3,(H,25,26). The van der Waals surface area contributed by atoms with Crippen LogP contribution in [-0.2, 0) is 17.3 Å². The molecule has 1 amide bonds. The maximum atomic E-state index is 13.5. The number of hydrazine groups is 1. The highest BCUT2D eigenvalue weighted by Gasteiger charge is 2.31. The molecule has 0 spiro atoms. The van der Waals surface area contributed by atoms with Crippen molar-refractivity contribution in [2.24, 2.45) is 0 Å². The Kier molecular flexibility index (Phi) is 5.98. The number of benzene rings is 2. The third kappa shape index (κ3) is 6.80. The van der Waals surface area contributed by atoms with Crippen molar-refractivity contribution in [3.63, 3.8) is 0 Å². The molecule has 0 bridgehead atoms. The van der Waals surface area contributed by atoms with E-state index in [2.05, 4.69) is 10.9 Å². The number of ether oxygens (including phenoxy) is 1. The Bertz CT molecular complexity index is 814. The summed E-state index contributed by atoms with van der Waals surface area (Å²) >= 11 is 0. The van der Waals surface area contributed by atoms with Crippen LogP contribution in [-0.4, -0.2) is 11.7 Å². The van der Waals surface area contributed by atoms with Crippen LogP contribution in [0.25, 0.3) is 0 Å². The van der Waals surface area contributed by atoms with E-state index in [-0.39, 0.29) is 12.0 Å². The first-order valence-electron chi connectivity index (χ1n) is 8.13. The van der Waals surface area contributed by atoms with E-state index in [1.54, 1.807) is 45.0 Å². The Morgan fingerprint density at radius 2 is 1.74 bits per heavy atom. The van der Waals surface area contributed by atoms with E-state index in [0.29, 0.717) is 17.3 Å². The summed E-state index contributed by atoms with van der Waals surface area (Å²) < 4.78 is 57.0. The fourth-order valence-electron chi connectivity index (χ4n) is 2.34. The van der Waals surface area contributed by atoms with Crippen molar-refractivity contribution in [3.05, 3.63) is 65.0 Å². The zero-order valence-corrected chi connectivity index (χ0v) is 15.1. The lowest BCUT2D eigenvalue weighted by molar-refractivity contribution is -0.137. The van der Waals surface area contributed by atoms with E-state index in [0.717, 1.165) is 12.1 Å². The average molecular weight is 384 g/mol. The van der Waals surface area contributed by atoms with Gasteiger partial charge in [-0.05, 0) is 68.7 Å². The van der Waals surface area contributed by atoms with E-state index >= 15 is 0 Å². The summed E-state index contributed by atoms with van der Waals surface area (Å²) in [6.45, 7) is 5.17. The molecule has 4 nitrogen and oxygen atoms in total. The van der Waals surface area contributed by atoms with Crippen LogP contribution in [0.2, 0.25) is 0 Å². The minimum Gasteiger partial charge on any atom is -0.443 e. The summed E-state index contributed by atoms with van der Waals surface area (Å²) in [5.74, 6) is -0.944. The van der Waals surface area contributed by atoms with Gasteiger partial charge in [0.25, 0.3) is 0 Å². The largest absolute Gasteiger partial charge is 0.443 e. The number of carbonyl (C=O) groups is 1. The van der Waals surface area contributed by atoms with Crippen molar-refractivity contribution in [3.8, 4) is 0 Å². The molecule has 8 heteroatoms. The third-order valence-corrected chi connectivity index (χ3v) is 3.33. The van der Waals surface area contributed by atoms with Crippen molar-refractivity contribution in [2.45, 2.75) is 39.0 Å². The number of hydrogen-bond donors (Lipinski definition) is 2. The smallest absolute Gasteiger partial charge is 0.426 e. The van der Waals surface area contributed by atoms with Gasteiger partial charge in [0, 0.05) is 0 Å². The van der Waals surface area contributed by atoms with Gasteiger partial charge in [-0.1, -0.05) is 12.1 Å². The number of nitrogens with one attached hydrogen (secondary N) is 2. The molecule has 0 atom stereocenters. The minimum absolute atomic E-state index is 0.1000. The van der Waals surface area contributed by atoms with Gasteiger partial charge in [0.15, 0.2) is 0 Å². The fraction of sp³-hybridized carbons (Fsp3) is 0.316. The van der Waals surface area contributed by atoms with Crippen LogP contribution in [0.1, 0.15) is 37.5 Å². The Labute approximate surface area is 154 Å². The van der Waals surface area contributed by atoms with Crippen molar-refractivity contribution in [1.82, 2.24) is 5.43 Å². The monoisotopic (exact) mass is 384 g/mol. The fourth-order valence-corrected chi connectivity index (χ4v) is 2.34. The van der Waals surface area contributed by atoms with Gasteiger partial charge in [0.05, 0.1) is 11.3 Å². The lowest BCUT2D eigenvalue weighted by Gasteiger charge is -2.20. The molecule has 0 aliphatic rings. The van der Waals surface area contributed by atoms with Gasteiger partial charge in [-0.3, -0.25) is 5.43 Å². The Balaban J connectivity index is 2.08. The molecule has 0 fully saturated rings. The van der Waals surface area contributed by atoms with Crippen molar-refractivity contribution < 1.29 is 27.1 Å². The first-order chi connectivity index (χ1) is 12.4. The predicted molar refractivity (Wildman–Crippen MR) is 93.6 cm³/mol. The molecule has 0 heterocycles. The summed E-state index contributed by atoms with van der Waals surface area (Å²) in [5.41, 5.74) is 4.69. The topological polar surface area (TPSA) is 50.4 Å². The van der Waals surface area contributed by atoms with Gasteiger partial charge in [-0.15, -0.1) is 0 Å². The van der Waals surface area contributed by atoms with Crippen molar-refractivity contribution in [1.29, 1.82) is 0 Å². The number of halogens is 4. The van der Waals surface area contributed by atoms with E-state index in [1.807, 2.05) is 0 Å². The number of alkyl halides is 3. The lowest BCUT2D eigenvalue weighted by atomic mass is 10.0. The van der Waals surface area contributed by atoms with Gasteiger partial charge in [-0.25, -0.2) is 14.6 Å². The molecule has 0 radical (unpaired) electrons. The van der Waals surface area contributed by atoms with Crippen LogP contribution in [0.4, 0.5) is 28.0 Å². The van der Waals surface area contributed by atoms with Crippen molar-refractivity contribution in [2.75, 3.05) is 5.43 Å². The Morgan fingerprint density at radius 3 is 2.37 bits per heavy atom. The van der Waals surface area contributed by atoms with Gasteiger partial charge in [0.2, 0.25) is 0 Å². The number of anilines is 1. The molecule has 146 valence electrons. The number of carbonyl (C=O) groups excluding carboxylic acids is 1. The molecule has 0 unspecified atom stereocenters. The molecule has 2 aromatic rings. The second-order valence-corrected chi connectivity index (χ2v) is 6.97. The van der Waals surface area contributed by atoms with Gasteiger partial charge < -0.3 is 4.74 Å². The molecule has 2 aromatic carbocycles. The SMILES string of the molecule is CC(C)(C)OC(=O)NNc1cccc(Cc2cc(F)cc(C(F)(F)F)c2)c1. The molecule has 2 rings (SSSR count). The zero-order chi connectivity index (χ0) is 20.2. The quantitative estimate of drug-likeness (QED) is 0.557. The van der Waals surface area contributed by atoms with Crippen LogP contribution >= 0.6 is 0 Å². The molecule has 0 aromatic heterocycles. The van der Waals surface area contributed by atoms with E-state index < -0.39 is 29.3 Å². The van der Waals surface area contributed by atoms with Crippen LogP contribution in [0.15, 0.2) is 42.5 Å². The summed E-state index contributed by atoms with van der Waals surface area (Å²) in [6.07, 6.45) is -5.19. The molecule has 0 saturated heterocycles. The first kappa shape index (κ1) is 20.5. The van der Waals surface area contributed by atoms with Crippen LogP contribution in [0, 0.1) is 5.82 Å². The number of rotatable bonds is 4. The first-order valence-corrected chi connectivity index (χ1v) is 8.13. The highest BCUT2D eigenvalue weighted by molar-refractivity contribution is 5.69. The molecule has 0 aliphatic carbocycles. The zero-order valence-electron chi connectivity index (χ0n) is 15.1. The van der Waals surface area contributed by atoms with Gasteiger partial charge >= 0.3 is 12.3 Å². The Morgan fingerprint density at radius 1 is 1.04 bits per heavy atom. The molecule has 0 aliphatic heterocycles. The maximum absolute atomic E-state index is 13.5. The van der Waals surface area contributed by atoms with Gasteiger partial charge in [-0.2, -0.15) is 13.2 Å². The van der Waals surface area contributed by atoms with E-state index in [1.165, 1.54) is 0 Å². The predicted octanol–water partition coefficient (Wildman–Crippen LogP) is 5.29. The number of hydrogen-bond acceptors (Lipinski definition) is 3. The minimum atomic E-state index is -4.61. The molecular weight excluding hydrogens is 364 g/mol. The van der Waals surface area contributed by atoms with Gasteiger partial charge in [0.1, 0.15) is 11.4 Å². The highest BCUT2D eigenvalue weighted by Crippen LogP contribution is 2.31. The molecule has 2 N–H and O–H groups in total.